The molecule has 2 aliphatic rings. The molecule has 182 valence electrons. The Labute approximate surface area is 208 Å². The van der Waals surface area contributed by atoms with E-state index in [-0.39, 0.29) is 24.0 Å². The number of benzene rings is 2. The molecule has 2 heterocycles. The third-order valence-corrected chi connectivity index (χ3v) is 6.50. The number of unbranched alkanes of at least 4 members (excludes halogenated alkanes) is 1. The van der Waals surface area contributed by atoms with Crippen LogP contribution in [0.2, 0.25) is 0 Å². The van der Waals surface area contributed by atoms with E-state index in [9.17, 15) is 14.4 Å². The summed E-state index contributed by atoms with van der Waals surface area (Å²) in [7, 11) is 1.58. The van der Waals surface area contributed by atoms with Gasteiger partial charge in [0.25, 0.3) is 5.91 Å². The minimum absolute atomic E-state index is 0.0324. The fraction of sp³-hybridized carbons (Fsp3) is 0.320. The molecule has 2 aromatic rings. The van der Waals surface area contributed by atoms with Gasteiger partial charge in [-0.05, 0) is 42.8 Å². The third kappa shape index (κ3) is 5.71. The van der Waals surface area contributed by atoms with Gasteiger partial charge < -0.3 is 15.4 Å². The molecular formula is C25H27N5O4S. The number of aliphatic imine (C=N–C) groups is 2. The summed E-state index contributed by atoms with van der Waals surface area (Å²) >= 11 is 1.20. The van der Waals surface area contributed by atoms with Crippen LogP contribution in [0.25, 0.3) is 0 Å². The highest BCUT2D eigenvalue weighted by Crippen LogP contribution is 2.35. The topological polar surface area (TPSA) is 112 Å². The first-order chi connectivity index (χ1) is 17.0. The summed E-state index contributed by atoms with van der Waals surface area (Å²) in [5, 5.41) is 6.16. The van der Waals surface area contributed by atoms with Gasteiger partial charge in [-0.25, -0.2) is 4.99 Å². The lowest BCUT2D eigenvalue weighted by molar-refractivity contribution is -0.126. The highest BCUT2D eigenvalue weighted by atomic mass is 32.2. The van der Waals surface area contributed by atoms with E-state index in [1.807, 2.05) is 31.2 Å². The predicted molar refractivity (Wildman–Crippen MR) is 137 cm³/mol. The van der Waals surface area contributed by atoms with E-state index in [4.69, 9.17) is 9.73 Å². The summed E-state index contributed by atoms with van der Waals surface area (Å²) < 4.78 is 5.14. The number of hydrogen-bond acceptors (Lipinski definition) is 7. The second-order valence-corrected chi connectivity index (χ2v) is 8.99. The smallest absolute Gasteiger partial charge is 0.271 e. The zero-order chi connectivity index (χ0) is 24.8. The fourth-order valence-corrected chi connectivity index (χ4v) is 4.60. The molecule has 0 bridgehead atoms. The van der Waals surface area contributed by atoms with Crippen LogP contribution < -0.4 is 15.4 Å². The van der Waals surface area contributed by atoms with Gasteiger partial charge in [0.15, 0.2) is 5.17 Å². The van der Waals surface area contributed by atoms with Crippen LogP contribution >= 0.6 is 11.8 Å². The Hall–Kier alpha value is -3.66. The minimum Gasteiger partial charge on any atom is -0.497 e. The highest BCUT2D eigenvalue weighted by molar-refractivity contribution is 8.14. The van der Waals surface area contributed by atoms with Crippen LogP contribution in [0.3, 0.4) is 0 Å². The van der Waals surface area contributed by atoms with Crippen molar-refractivity contribution in [3.63, 3.8) is 0 Å². The van der Waals surface area contributed by atoms with Crippen molar-refractivity contribution in [3.8, 4) is 5.75 Å². The van der Waals surface area contributed by atoms with Gasteiger partial charge in [0.05, 0.1) is 25.0 Å². The lowest BCUT2D eigenvalue weighted by Crippen LogP contribution is -2.46. The lowest BCUT2D eigenvalue weighted by atomic mass is 10.1. The van der Waals surface area contributed by atoms with Crippen LogP contribution in [0.4, 0.5) is 11.4 Å². The number of para-hydroxylation sites is 1. The first kappa shape index (κ1) is 24.5. The van der Waals surface area contributed by atoms with E-state index >= 15 is 0 Å². The van der Waals surface area contributed by atoms with Gasteiger partial charge in [-0.3, -0.25) is 19.3 Å². The van der Waals surface area contributed by atoms with Crippen LogP contribution in [0, 0.1) is 0 Å². The number of ether oxygens (including phenoxy) is 1. The van der Waals surface area contributed by atoms with Gasteiger partial charge in [-0.15, -0.1) is 0 Å². The molecule has 2 N–H and O–H groups in total. The normalized spacial score (nSPS) is 16.1. The molecule has 2 aliphatic heterocycles. The number of nitrogens with zero attached hydrogens (tertiary/aromatic N) is 3. The van der Waals surface area contributed by atoms with Crippen molar-refractivity contribution in [1.82, 2.24) is 10.2 Å². The Bertz CT molecular complexity index is 1180. The highest BCUT2D eigenvalue weighted by Gasteiger charge is 2.42. The number of anilines is 1. The number of amidine groups is 2. The van der Waals surface area contributed by atoms with Crippen molar-refractivity contribution >= 4 is 51.9 Å². The zero-order valence-electron chi connectivity index (χ0n) is 19.6. The van der Waals surface area contributed by atoms with E-state index in [0.29, 0.717) is 34.7 Å². The molecule has 3 amide bonds. The largest absolute Gasteiger partial charge is 0.497 e. The summed E-state index contributed by atoms with van der Waals surface area (Å²) in [5.41, 5.74) is 2.04. The Balaban J connectivity index is 1.49. The molecule has 4 rings (SSSR count). The number of carbonyl (C=O) groups excluding carboxylic acids is 3. The summed E-state index contributed by atoms with van der Waals surface area (Å²) in [6.45, 7) is 2.61. The number of nitrogens with one attached hydrogen (secondary N) is 2. The Morgan fingerprint density at radius 3 is 2.60 bits per heavy atom. The monoisotopic (exact) mass is 493 g/mol. The van der Waals surface area contributed by atoms with Crippen LogP contribution in [-0.2, 0) is 14.4 Å². The quantitative estimate of drug-likeness (QED) is 0.518. The molecular weight excluding hydrogens is 466 g/mol. The van der Waals surface area contributed by atoms with Crippen molar-refractivity contribution in [2.24, 2.45) is 9.98 Å². The zero-order valence-corrected chi connectivity index (χ0v) is 20.4. The molecule has 35 heavy (non-hydrogen) atoms. The number of rotatable bonds is 9. The van der Waals surface area contributed by atoms with Crippen LogP contribution in [-0.4, -0.2) is 59.1 Å². The number of methoxy groups -OCH3 is 1. The summed E-state index contributed by atoms with van der Waals surface area (Å²) in [4.78, 5) is 48.6. The summed E-state index contributed by atoms with van der Waals surface area (Å²) in [6.07, 6.45) is 1.80. The van der Waals surface area contributed by atoms with Gasteiger partial charge in [0.2, 0.25) is 11.8 Å². The van der Waals surface area contributed by atoms with E-state index in [1.165, 1.54) is 11.8 Å². The van der Waals surface area contributed by atoms with Gasteiger partial charge >= 0.3 is 0 Å². The molecule has 0 aromatic heterocycles. The van der Waals surface area contributed by atoms with Crippen molar-refractivity contribution in [3.05, 3.63) is 54.1 Å². The number of carbonyl (C=O) groups is 3. The molecule has 9 nitrogen and oxygen atoms in total. The second kappa shape index (κ2) is 11.2. The van der Waals surface area contributed by atoms with Gasteiger partial charge in [0, 0.05) is 17.8 Å². The molecule has 0 radical (unpaired) electrons. The van der Waals surface area contributed by atoms with E-state index in [2.05, 4.69) is 15.6 Å². The maximum Gasteiger partial charge on any atom is 0.271 e. The van der Waals surface area contributed by atoms with E-state index in [0.717, 1.165) is 18.4 Å². The first-order valence-corrected chi connectivity index (χ1v) is 12.4. The van der Waals surface area contributed by atoms with Crippen molar-refractivity contribution in [2.45, 2.75) is 32.2 Å². The SMILES string of the molecule is CCCCNC(=O)CC1C(=O)N=C2c3ccccc3N=C(SCC(=O)Nc3ccc(OC)cc3)N21. The molecule has 2 aromatic carbocycles. The average molecular weight is 494 g/mol. The molecule has 0 spiro atoms. The van der Waals surface area contributed by atoms with Crippen LogP contribution in [0.1, 0.15) is 31.7 Å². The first-order valence-electron chi connectivity index (χ1n) is 11.4. The maximum absolute atomic E-state index is 12.8. The summed E-state index contributed by atoms with van der Waals surface area (Å²) in [6, 6.07) is 13.6. The third-order valence-electron chi connectivity index (χ3n) is 5.55. The van der Waals surface area contributed by atoms with Crippen LogP contribution in [0.5, 0.6) is 5.75 Å². The van der Waals surface area contributed by atoms with E-state index in [1.54, 1.807) is 36.3 Å². The standard InChI is InChI=1S/C25H27N5O4S/c1-3-4-13-26-21(31)14-20-24(33)29-23-18-7-5-6-8-19(18)28-25(30(20)23)35-15-22(32)27-16-9-11-17(34-2)12-10-16/h5-12,20H,3-4,13-15H2,1-2H3,(H,26,31)(H,27,32). The number of hydrogen-bond donors (Lipinski definition) is 2. The fourth-order valence-electron chi connectivity index (χ4n) is 3.76. The Kier molecular flexibility index (Phi) is 7.81. The predicted octanol–water partition coefficient (Wildman–Crippen LogP) is 3.33. The minimum atomic E-state index is -0.795. The van der Waals surface area contributed by atoms with Crippen molar-refractivity contribution < 1.29 is 19.1 Å². The molecule has 1 atom stereocenters. The van der Waals surface area contributed by atoms with E-state index < -0.39 is 11.9 Å². The summed E-state index contributed by atoms with van der Waals surface area (Å²) in [5.74, 6) is 0.403. The van der Waals surface area contributed by atoms with Gasteiger partial charge in [-0.1, -0.05) is 37.2 Å². The molecule has 0 saturated carbocycles. The number of amides is 3. The molecule has 10 heteroatoms. The molecule has 0 saturated heterocycles. The Morgan fingerprint density at radius 1 is 1.09 bits per heavy atom. The van der Waals surface area contributed by atoms with Gasteiger partial charge in [0.1, 0.15) is 17.6 Å². The van der Waals surface area contributed by atoms with Gasteiger partial charge in [-0.2, -0.15) is 4.99 Å². The Morgan fingerprint density at radius 2 is 1.86 bits per heavy atom. The maximum atomic E-state index is 12.8. The number of thioether (sulfide) groups is 1. The molecule has 0 fully saturated rings. The lowest BCUT2D eigenvalue weighted by Gasteiger charge is -2.30. The second-order valence-electron chi connectivity index (χ2n) is 8.04. The molecule has 0 aliphatic carbocycles. The molecule has 1 unspecified atom stereocenters. The van der Waals surface area contributed by atoms with Crippen molar-refractivity contribution in [1.29, 1.82) is 0 Å². The number of fused-ring (bicyclic) bond motifs is 3. The average Bonchev–Trinajstić information content (AvgIpc) is 3.19. The van der Waals surface area contributed by atoms with Crippen molar-refractivity contribution in [2.75, 3.05) is 24.7 Å². The van der Waals surface area contributed by atoms with Crippen LogP contribution in [0.15, 0.2) is 58.5 Å².